The highest BCUT2D eigenvalue weighted by atomic mass is 16.7. The SMILES string of the molecule is CC.CC.COc1cc2c(cc1C)C(=O)OC(C)(C)O2. The molecule has 0 fully saturated rings. The van der Waals surface area contributed by atoms with Crippen molar-refractivity contribution < 1.29 is 19.0 Å². The standard InChI is InChI=1S/C12H14O4.2C2H6/c1-7-5-8-10(6-9(7)14-4)15-12(2,3)16-11(8)13;2*1-2/h5-6H,1-4H3;2*1-2H3. The lowest BCUT2D eigenvalue weighted by Crippen LogP contribution is -2.38. The molecule has 0 spiro atoms. The lowest BCUT2D eigenvalue weighted by Gasteiger charge is -2.32. The molecule has 0 saturated heterocycles. The van der Waals surface area contributed by atoms with Gasteiger partial charge >= 0.3 is 5.97 Å². The Kier molecular flexibility index (Phi) is 7.11. The molecule has 1 aliphatic rings. The first-order chi connectivity index (χ1) is 9.43. The molecule has 4 nitrogen and oxygen atoms in total. The van der Waals surface area contributed by atoms with Crippen molar-refractivity contribution in [2.45, 2.75) is 54.3 Å². The van der Waals surface area contributed by atoms with Crippen molar-refractivity contribution in [3.05, 3.63) is 23.3 Å². The third kappa shape index (κ3) is 4.15. The number of rotatable bonds is 1. The smallest absolute Gasteiger partial charge is 0.345 e. The molecule has 2 rings (SSSR count). The molecule has 0 bridgehead atoms. The molecule has 4 heteroatoms. The minimum atomic E-state index is -0.926. The second-order valence-corrected chi connectivity index (χ2v) is 4.21. The summed E-state index contributed by atoms with van der Waals surface area (Å²) >= 11 is 0. The van der Waals surface area contributed by atoms with Gasteiger partial charge in [0.1, 0.15) is 17.1 Å². The predicted molar refractivity (Wildman–Crippen MR) is 80.5 cm³/mol. The number of carbonyl (C=O) groups excluding carboxylic acids is 1. The van der Waals surface area contributed by atoms with Gasteiger partial charge in [-0.15, -0.1) is 0 Å². The Morgan fingerprint density at radius 2 is 1.60 bits per heavy atom. The highest BCUT2D eigenvalue weighted by molar-refractivity contribution is 5.94. The van der Waals surface area contributed by atoms with Crippen LogP contribution in [-0.4, -0.2) is 18.9 Å². The number of hydrogen-bond acceptors (Lipinski definition) is 4. The van der Waals surface area contributed by atoms with Crippen LogP contribution < -0.4 is 9.47 Å². The van der Waals surface area contributed by atoms with Gasteiger partial charge in [-0.1, -0.05) is 27.7 Å². The molecule has 0 amide bonds. The van der Waals surface area contributed by atoms with E-state index in [0.717, 1.165) is 5.56 Å². The van der Waals surface area contributed by atoms with Gasteiger partial charge < -0.3 is 14.2 Å². The number of fused-ring (bicyclic) bond motifs is 1. The van der Waals surface area contributed by atoms with Crippen LogP contribution in [0.15, 0.2) is 12.1 Å². The zero-order valence-corrected chi connectivity index (χ0v) is 13.8. The number of esters is 1. The molecule has 0 aromatic heterocycles. The van der Waals surface area contributed by atoms with Gasteiger partial charge in [0.15, 0.2) is 0 Å². The van der Waals surface area contributed by atoms with Crippen LogP contribution in [0.1, 0.15) is 57.5 Å². The first kappa shape index (κ1) is 18.3. The maximum Gasteiger partial charge on any atom is 0.345 e. The van der Waals surface area contributed by atoms with Crippen molar-refractivity contribution in [3.8, 4) is 11.5 Å². The quantitative estimate of drug-likeness (QED) is 0.719. The molecule has 114 valence electrons. The third-order valence-electron chi connectivity index (χ3n) is 2.41. The topological polar surface area (TPSA) is 44.8 Å². The molecule has 1 aromatic rings. The minimum absolute atomic E-state index is 0.364. The van der Waals surface area contributed by atoms with E-state index in [1.54, 1.807) is 33.1 Å². The first-order valence-corrected chi connectivity index (χ1v) is 7.04. The van der Waals surface area contributed by atoms with Gasteiger partial charge in [0, 0.05) is 19.9 Å². The van der Waals surface area contributed by atoms with Crippen LogP contribution in [0.3, 0.4) is 0 Å². The van der Waals surface area contributed by atoms with Crippen LogP contribution in [0, 0.1) is 6.92 Å². The zero-order valence-electron chi connectivity index (χ0n) is 13.8. The number of hydrogen-bond donors (Lipinski definition) is 0. The van der Waals surface area contributed by atoms with Gasteiger partial charge in [0.25, 0.3) is 0 Å². The summed E-state index contributed by atoms with van der Waals surface area (Å²) < 4.78 is 15.9. The molecule has 1 aliphatic heterocycles. The molecule has 0 radical (unpaired) electrons. The van der Waals surface area contributed by atoms with Gasteiger partial charge in [-0.05, 0) is 18.6 Å². The fraction of sp³-hybridized carbons (Fsp3) is 0.562. The van der Waals surface area contributed by atoms with Crippen molar-refractivity contribution in [2.75, 3.05) is 7.11 Å². The van der Waals surface area contributed by atoms with Crippen molar-refractivity contribution in [1.82, 2.24) is 0 Å². The molecule has 0 unspecified atom stereocenters. The molecular formula is C16H26O4. The van der Waals surface area contributed by atoms with E-state index in [4.69, 9.17) is 14.2 Å². The van der Waals surface area contributed by atoms with Crippen LogP contribution in [0.2, 0.25) is 0 Å². The van der Waals surface area contributed by atoms with Crippen molar-refractivity contribution >= 4 is 5.97 Å². The average Bonchev–Trinajstić information content (AvgIpc) is 2.43. The number of ether oxygens (including phenoxy) is 3. The van der Waals surface area contributed by atoms with Crippen LogP contribution in [0.4, 0.5) is 0 Å². The Balaban J connectivity index is 0.000000829. The molecule has 0 saturated carbocycles. The highest BCUT2D eigenvalue weighted by Crippen LogP contribution is 2.35. The number of methoxy groups -OCH3 is 1. The third-order valence-corrected chi connectivity index (χ3v) is 2.41. The zero-order chi connectivity index (χ0) is 15.9. The van der Waals surface area contributed by atoms with E-state index in [9.17, 15) is 4.79 Å². The monoisotopic (exact) mass is 282 g/mol. The van der Waals surface area contributed by atoms with Gasteiger partial charge in [-0.2, -0.15) is 0 Å². The van der Waals surface area contributed by atoms with E-state index in [0.29, 0.717) is 17.1 Å². The molecule has 0 atom stereocenters. The Morgan fingerprint density at radius 3 is 2.10 bits per heavy atom. The lowest BCUT2D eigenvalue weighted by atomic mass is 10.1. The van der Waals surface area contributed by atoms with Crippen molar-refractivity contribution in [1.29, 1.82) is 0 Å². The van der Waals surface area contributed by atoms with E-state index in [2.05, 4.69) is 0 Å². The normalized spacial score (nSPS) is 14.3. The van der Waals surface area contributed by atoms with E-state index in [1.165, 1.54) is 0 Å². The fourth-order valence-electron chi connectivity index (χ4n) is 1.70. The van der Waals surface area contributed by atoms with E-state index >= 15 is 0 Å². The molecule has 1 aromatic carbocycles. The summed E-state index contributed by atoms with van der Waals surface area (Å²) in [5.74, 6) is -0.0883. The molecule has 1 heterocycles. The van der Waals surface area contributed by atoms with Crippen molar-refractivity contribution in [3.63, 3.8) is 0 Å². The minimum Gasteiger partial charge on any atom is -0.496 e. The summed E-state index contributed by atoms with van der Waals surface area (Å²) in [6.07, 6.45) is 0. The van der Waals surface area contributed by atoms with Crippen LogP contribution in [-0.2, 0) is 4.74 Å². The number of benzene rings is 1. The lowest BCUT2D eigenvalue weighted by molar-refractivity contribution is -0.127. The predicted octanol–water partition coefficient (Wildman–Crippen LogP) is 4.34. The van der Waals surface area contributed by atoms with Gasteiger partial charge in [0.2, 0.25) is 5.79 Å². The largest absolute Gasteiger partial charge is 0.496 e. The van der Waals surface area contributed by atoms with E-state index in [1.807, 2.05) is 34.6 Å². The Hall–Kier alpha value is -1.71. The average molecular weight is 282 g/mol. The summed E-state index contributed by atoms with van der Waals surface area (Å²) in [5.41, 5.74) is 1.32. The molecule has 0 N–H and O–H groups in total. The van der Waals surface area contributed by atoms with Gasteiger partial charge in [-0.3, -0.25) is 0 Å². The van der Waals surface area contributed by atoms with Crippen molar-refractivity contribution in [2.24, 2.45) is 0 Å². The Morgan fingerprint density at radius 1 is 1.05 bits per heavy atom. The fourth-order valence-corrected chi connectivity index (χ4v) is 1.70. The molecular weight excluding hydrogens is 256 g/mol. The summed E-state index contributed by atoms with van der Waals surface area (Å²) in [4.78, 5) is 11.7. The number of carbonyl (C=O) groups is 1. The Labute approximate surface area is 122 Å². The second-order valence-electron chi connectivity index (χ2n) is 4.21. The van der Waals surface area contributed by atoms with Crippen LogP contribution in [0.5, 0.6) is 11.5 Å². The van der Waals surface area contributed by atoms with Crippen LogP contribution in [0.25, 0.3) is 0 Å². The van der Waals surface area contributed by atoms with Gasteiger partial charge in [-0.25, -0.2) is 4.79 Å². The maximum absolute atomic E-state index is 11.7. The van der Waals surface area contributed by atoms with E-state index in [-0.39, 0.29) is 5.97 Å². The Bertz CT molecular complexity index is 450. The second kappa shape index (κ2) is 7.78. The molecule has 0 aliphatic carbocycles. The molecule has 20 heavy (non-hydrogen) atoms. The summed E-state index contributed by atoms with van der Waals surface area (Å²) in [6.45, 7) is 13.3. The summed E-state index contributed by atoms with van der Waals surface area (Å²) in [7, 11) is 1.58. The summed E-state index contributed by atoms with van der Waals surface area (Å²) in [5, 5.41) is 0. The first-order valence-electron chi connectivity index (χ1n) is 7.04. The van der Waals surface area contributed by atoms with E-state index < -0.39 is 5.79 Å². The number of cyclic esters (lactones) is 1. The maximum atomic E-state index is 11.7. The highest BCUT2D eigenvalue weighted by Gasteiger charge is 2.34. The van der Waals surface area contributed by atoms with Gasteiger partial charge in [0.05, 0.1) is 7.11 Å². The summed E-state index contributed by atoms with van der Waals surface area (Å²) in [6, 6.07) is 3.43. The van der Waals surface area contributed by atoms with Crippen LogP contribution >= 0.6 is 0 Å². The number of aryl methyl sites for hydroxylation is 1.